The highest BCUT2D eigenvalue weighted by Gasteiger charge is 2.35. The summed E-state index contributed by atoms with van der Waals surface area (Å²) in [6.07, 6.45) is 2.02. The van der Waals surface area contributed by atoms with Gasteiger partial charge in [0.1, 0.15) is 48.3 Å². The fraction of sp³-hybridized carbons (Fsp3) is 0.727. The number of amides is 8. The summed E-state index contributed by atoms with van der Waals surface area (Å²) >= 11 is 1.34. The SMILES string of the molecule is CSCC[C@@H]1NC(=O)[C@H](CCCN=C(N)N)NC(=O)[C@H](CC(C)C)NC(=O)[C@H](CC(C)C)NC(=O)[C@@H](N)CSSC[C@@H](C(=O)O)NC(=O)[C@H](CCCN=C(N)N)NC(=O)[C@H](CO)NC(=O)[C@H](CCCN=C(N)N)NC1=O. The van der Waals surface area contributed by atoms with Crippen molar-refractivity contribution >= 4 is 104 Å². The Labute approximate surface area is 455 Å². The van der Waals surface area contributed by atoms with Gasteiger partial charge < -0.3 is 92.9 Å². The highest BCUT2D eigenvalue weighted by Crippen LogP contribution is 2.23. The third kappa shape index (κ3) is 28.2. The minimum absolute atomic E-state index is 0.000708. The molecule has 1 fully saturated rings. The van der Waals surface area contributed by atoms with Crippen LogP contribution in [0.4, 0.5) is 0 Å². The highest BCUT2D eigenvalue weighted by molar-refractivity contribution is 8.76. The highest BCUT2D eigenvalue weighted by atomic mass is 33.1. The number of carbonyl (C=O) groups excluding carboxylic acids is 8. The number of hydrogen-bond donors (Lipinski definition) is 17. The number of carbonyl (C=O) groups is 9. The maximum absolute atomic E-state index is 14.3. The van der Waals surface area contributed by atoms with Gasteiger partial charge in [-0.1, -0.05) is 49.3 Å². The van der Waals surface area contributed by atoms with Crippen molar-refractivity contribution in [1.82, 2.24) is 42.5 Å². The van der Waals surface area contributed by atoms with Crippen molar-refractivity contribution in [2.75, 3.05) is 49.8 Å². The van der Waals surface area contributed by atoms with Crippen LogP contribution in [0.15, 0.2) is 15.0 Å². The van der Waals surface area contributed by atoms with Gasteiger partial charge in [-0.05, 0) is 81.6 Å². The predicted molar refractivity (Wildman–Crippen MR) is 295 cm³/mol. The van der Waals surface area contributed by atoms with E-state index in [1.54, 1.807) is 6.26 Å². The number of thioether (sulfide) groups is 1. The summed E-state index contributed by atoms with van der Waals surface area (Å²) in [5.74, 6) is -9.35. The number of carboxylic acid groups (broad SMARTS) is 1. The first-order valence-corrected chi connectivity index (χ1v) is 28.6. The monoisotopic (exact) mass is 1130 g/mol. The summed E-state index contributed by atoms with van der Waals surface area (Å²) in [5, 5.41) is 41.1. The molecule has 76 heavy (non-hydrogen) atoms. The molecule has 1 rings (SSSR count). The quantitative estimate of drug-likeness (QED) is 0.0221. The lowest BCUT2D eigenvalue weighted by atomic mass is 9.99. The van der Waals surface area contributed by atoms with Gasteiger partial charge >= 0.3 is 5.97 Å². The Morgan fingerprint density at radius 1 is 0.526 bits per heavy atom. The molecule has 0 saturated carbocycles. The smallest absolute Gasteiger partial charge is 0.327 e. The lowest BCUT2D eigenvalue weighted by Gasteiger charge is -2.28. The second-order valence-corrected chi connectivity index (χ2v) is 22.1. The van der Waals surface area contributed by atoms with Crippen LogP contribution in [0, 0.1) is 11.8 Å². The second-order valence-electron chi connectivity index (χ2n) is 18.6. The van der Waals surface area contributed by atoms with Gasteiger partial charge in [0.2, 0.25) is 47.3 Å². The van der Waals surface area contributed by atoms with E-state index in [-0.39, 0.29) is 119 Å². The van der Waals surface area contributed by atoms with Crippen LogP contribution in [0.3, 0.4) is 0 Å². The third-order valence-corrected chi connectivity index (χ3v) is 14.1. The van der Waals surface area contributed by atoms with E-state index >= 15 is 0 Å². The van der Waals surface area contributed by atoms with E-state index in [4.69, 9.17) is 40.1 Å². The van der Waals surface area contributed by atoms with Crippen LogP contribution in [-0.4, -0.2) is 185 Å². The first-order valence-electron chi connectivity index (χ1n) is 24.7. The molecule has 0 aromatic rings. The van der Waals surface area contributed by atoms with E-state index in [0.29, 0.717) is 5.75 Å². The van der Waals surface area contributed by atoms with Gasteiger partial charge in [-0.3, -0.25) is 53.3 Å². The predicted octanol–water partition coefficient (Wildman–Crippen LogP) is -5.33. The second kappa shape index (κ2) is 36.9. The lowest BCUT2D eigenvalue weighted by Crippen LogP contribution is -2.61. The van der Waals surface area contributed by atoms with Crippen LogP contribution in [0.25, 0.3) is 0 Å². The molecule has 1 aliphatic rings. The van der Waals surface area contributed by atoms with E-state index in [1.807, 2.05) is 27.7 Å². The number of aliphatic imine (C=N–C) groups is 3. The molecule has 0 radical (unpaired) electrons. The van der Waals surface area contributed by atoms with Gasteiger partial charge in [0.15, 0.2) is 17.9 Å². The zero-order valence-corrected chi connectivity index (χ0v) is 46.3. The molecule has 24 N–H and O–H groups in total. The number of aliphatic hydroxyl groups is 1. The molecule has 0 aromatic carbocycles. The van der Waals surface area contributed by atoms with Crippen LogP contribution in [0.5, 0.6) is 0 Å². The summed E-state index contributed by atoms with van der Waals surface area (Å²) < 4.78 is 0. The Hall–Kier alpha value is -5.99. The lowest BCUT2D eigenvalue weighted by molar-refractivity contribution is -0.141. The van der Waals surface area contributed by atoms with E-state index in [9.17, 15) is 53.4 Å². The van der Waals surface area contributed by atoms with Gasteiger partial charge in [-0.15, -0.1) is 0 Å². The van der Waals surface area contributed by atoms with Gasteiger partial charge in [0.25, 0.3) is 0 Å². The minimum Gasteiger partial charge on any atom is -0.480 e. The molecular weight excluding hydrogens is 1050 g/mol. The van der Waals surface area contributed by atoms with Crippen molar-refractivity contribution in [3.05, 3.63) is 0 Å². The summed E-state index contributed by atoms with van der Waals surface area (Å²) in [6.45, 7) is 6.31. The molecule has 1 saturated heterocycles. The number of hydrogen-bond acceptors (Lipinski definition) is 17. The van der Waals surface area contributed by atoms with Gasteiger partial charge in [-0.2, -0.15) is 11.8 Å². The molecule has 0 spiro atoms. The van der Waals surface area contributed by atoms with Crippen molar-refractivity contribution in [3.63, 3.8) is 0 Å². The number of carboxylic acids is 1. The van der Waals surface area contributed by atoms with Crippen molar-refractivity contribution in [2.24, 2.45) is 66.9 Å². The van der Waals surface area contributed by atoms with Crippen molar-refractivity contribution in [1.29, 1.82) is 0 Å². The van der Waals surface area contributed by atoms with Gasteiger partial charge in [-0.25, -0.2) is 4.79 Å². The molecule has 432 valence electrons. The molecular formula is C44H82N18O11S3. The molecule has 0 aliphatic carbocycles. The van der Waals surface area contributed by atoms with E-state index in [1.165, 1.54) is 11.8 Å². The maximum atomic E-state index is 14.3. The zero-order valence-electron chi connectivity index (χ0n) is 43.8. The van der Waals surface area contributed by atoms with E-state index in [2.05, 4.69) is 57.5 Å². The summed E-state index contributed by atoms with van der Waals surface area (Å²) in [6, 6.07) is -12.5. The number of nitrogens with two attached hydrogens (primary N) is 7. The molecule has 29 nitrogen and oxygen atoms in total. The van der Waals surface area contributed by atoms with Crippen LogP contribution in [0.2, 0.25) is 0 Å². The molecule has 32 heteroatoms. The van der Waals surface area contributed by atoms with Crippen molar-refractivity contribution in [2.45, 2.75) is 140 Å². The van der Waals surface area contributed by atoms with E-state index in [0.717, 1.165) is 21.6 Å². The normalized spacial score (nSPS) is 24.6. The van der Waals surface area contributed by atoms with Crippen molar-refractivity contribution in [3.8, 4) is 0 Å². The first-order chi connectivity index (χ1) is 35.8. The summed E-state index contributed by atoms with van der Waals surface area (Å²) in [4.78, 5) is 136. The topological polar surface area (TPSA) is 510 Å². The van der Waals surface area contributed by atoms with Gasteiger partial charge in [0, 0.05) is 31.1 Å². The standard InChI is InChI=1S/C44H82N18O11S3/c1-22(2)17-29-39(70)60-30(18-23(3)4)38(69)56-25(9-6-13-52-42(46)47)34(65)58-28(12-16-74-5)37(68)55-26(10-7-14-53-43(48)49)35(66)61-31(19-63)40(71)57-27(11-8-15-54-44(50)51)36(67)62-32(41(72)73)21-76-75-20-24(45)33(64)59-29/h22-32,63H,6-21,45H2,1-5H3,(H,55,68)(H,56,69)(H,57,71)(H,58,65)(H,59,64)(H,60,70)(H,61,66)(H,62,67)(H,72,73)(H4,46,47,52)(H4,48,49,53)(H4,50,51,54)/t24-,25-,26-,27-,28-,29-,30-,31-,32-/m0/s1. The summed E-state index contributed by atoms with van der Waals surface area (Å²) in [5.41, 5.74) is 39.2. The number of aliphatic carboxylic acids is 1. The molecule has 0 bridgehead atoms. The molecule has 0 unspecified atom stereocenters. The largest absolute Gasteiger partial charge is 0.480 e. The fourth-order valence-electron chi connectivity index (χ4n) is 7.09. The third-order valence-electron chi connectivity index (χ3n) is 11.0. The maximum Gasteiger partial charge on any atom is 0.327 e. The van der Waals surface area contributed by atoms with Crippen LogP contribution < -0.4 is 82.7 Å². The first kappa shape index (κ1) is 68.0. The number of nitrogens with zero attached hydrogens (tertiary/aromatic N) is 3. The molecule has 1 heterocycles. The average Bonchev–Trinajstić information content (AvgIpc) is 3.33. The molecule has 1 aliphatic heterocycles. The summed E-state index contributed by atoms with van der Waals surface area (Å²) in [7, 11) is 1.97. The minimum atomic E-state index is -1.74. The molecule has 9 atom stereocenters. The van der Waals surface area contributed by atoms with Gasteiger partial charge in [0.05, 0.1) is 12.6 Å². The Morgan fingerprint density at radius 2 is 0.842 bits per heavy atom. The Bertz CT molecular complexity index is 2010. The van der Waals surface area contributed by atoms with E-state index < -0.39 is 114 Å². The molecule has 8 amide bonds. The average molecular weight is 1140 g/mol. The zero-order chi connectivity index (χ0) is 57.5. The number of aliphatic hydroxyl groups excluding tert-OH is 1. The van der Waals surface area contributed by atoms with Crippen molar-refractivity contribution < 1.29 is 53.4 Å². The van der Waals surface area contributed by atoms with Crippen LogP contribution >= 0.6 is 33.3 Å². The van der Waals surface area contributed by atoms with Crippen LogP contribution in [0.1, 0.15) is 85.5 Å². The number of guanidine groups is 3. The number of nitrogens with one attached hydrogen (secondary N) is 8. The Morgan fingerprint density at radius 3 is 1.20 bits per heavy atom. The number of rotatable bonds is 21. The Balaban J connectivity index is 3.97. The molecule has 0 aromatic heterocycles. The Kier molecular flexibility index (Phi) is 33.0. The fourth-order valence-corrected chi connectivity index (χ4v) is 9.84. The van der Waals surface area contributed by atoms with Crippen LogP contribution in [-0.2, 0) is 43.2 Å².